The van der Waals surface area contributed by atoms with Crippen molar-refractivity contribution in [3.05, 3.63) is 93.3 Å². The van der Waals surface area contributed by atoms with Crippen molar-refractivity contribution in [1.29, 1.82) is 0 Å². The number of hydrogen-bond acceptors (Lipinski definition) is 9. The molecule has 10 heteroatoms. The lowest BCUT2D eigenvalue weighted by Crippen LogP contribution is -3.12. The number of aryl methyl sites for hydroxylation is 1. The molecule has 1 unspecified atom stereocenters. The molecule has 5 aliphatic heterocycles. The van der Waals surface area contributed by atoms with Gasteiger partial charge in [-0.15, -0.1) is 0 Å². The van der Waals surface area contributed by atoms with E-state index in [0.29, 0.717) is 43.7 Å². The number of allylic oxidation sites excluding steroid dienone is 2. The van der Waals surface area contributed by atoms with Gasteiger partial charge >= 0.3 is 0 Å². The van der Waals surface area contributed by atoms with E-state index in [1.807, 2.05) is 61.8 Å². The molecule has 7 aliphatic rings. The maximum atomic E-state index is 13.1. The maximum absolute atomic E-state index is 13.1. The highest BCUT2D eigenvalue weighted by molar-refractivity contribution is 5.87. The minimum absolute atomic E-state index is 0.0149. The van der Waals surface area contributed by atoms with Gasteiger partial charge in [0, 0.05) is 49.6 Å². The monoisotopic (exact) mass is 753 g/mol. The minimum Gasteiger partial charge on any atom is -0.437 e. The lowest BCUT2D eigenvalue weighted by molar-refractivity contribution is -0.891. The smallest absolute Gasteiger partial charge is 0.252 e. The summed E-state index contributed by atoms with van der Waals surface area (Å²) in [4.78, 5) is 23.5. The van der Waals surface area contributed by atoms with Gasteiger partial charge in [0.05, 0.1) is 17.6 Å². The van der Waals surface area contributed by atoms with Crippen LogP contribution in [0.2, 0.25) is 0 Å². The van der Waals surface area contributed by atoms with E-state index in [4.69, 9.17) is 20.2 Å². The number of carbonyl (C=O) groups excluding carboxylic acids is 1. The lowest BCUT2D eigenvalue weighted by atomic mass is 9.73. The number of aliphatic hydroxyl groups is 3. The topological polar surface area (TPSA) is 151 Å². The number of carbonyl (C=O) groups is 1. The Balaban J connectivity index is 1.05. The van der Waals surface area contributed by atoms with Crippen LogP contribution in [-0.2, 0) is 24.1 Å². The molecule has 9 atom stereocenters. The first-order valence-corrected chi connectivity index (χ1v) is 20.2. The van der Waals surface area contributed by atoms with Crippen LogP contribution in [0.15, 0.2) is 75.5 Å². The summed E-state index contributed by atoms with van der Waals surface area (Å²) in [5, 5.41) is 33.3. The highest BCUT2D eigenvalue weighted by Crippen LogP contribution is 2.47. The third kappa shape index (κ3) is 6.84. The molecule has 0 amide bonds. The first-order valence-electron chi connectivity index (χ1n) is 20.2. The van der Waals surface area contributed by atoms with Crippen LogP contribution in [0.3, 0.4) is 0 Å². The predicted octanol–water partition coefficient (Wildman–Crippen LogP) is 3.75. The van der Waals surface area contributed by atoms with Crippen LogP contribution in [0.25, 0.3) is 0 Å². The lowest BCUT2D eigenvalue weighted by Gasteiger charge is -2.36. The van der Waals surface area contributed by atoms with E-state index in [-0.39, 0.29) is 30.5 Å². The zero-order valence-electron chi connectivity index (χ0n) is 31.7. The summed E-state index contributed by atoms with van der Waals surface area (Å²) < 4.78 is 13.3. The SMILES string of the molecule is C[C@H]1C=C[C@H]([C@@H](O)CC(=O)CCc2ccc3c(c2)O[C@H]2[C@@H](C#C[C@@H](O)c4ccc5c(c4CC4=C6C[NH+]2C=C6N=C4)CC=N[C@@H]5N)C2(C#CO3)CCCC2)[C@@H](O)C1. The van der Waals surface area contributed by atoms with Crippen LogP contribution >= 0.6 is 0 Å². The fourth-order valence-corrected chi connectivity index (χ4v) is 9.84. The van der Waals surface area contributed by atoms with Gasteiger partial charge in [-0.1, -0.05) is 67.9 Å². The third-order valence-electron chi connectivity index (χ3n) is 13.0. The zero-order valence-corrected chi connectivity index (χ0v) is 31.7. The number of fused-ring (bicyclic) bond motifs is 8. The minimum atomic E-state index is -1.05. The Kier molecular flexibility index (Phi) is 9.81. The van der Waals surface area contributed by atoms with Crippen LogP contribution in [0.1, 0.15) is 92.0 Å². The number of benzene rings is 2. The molecule has 1 fully saturated rings. The van der Waals surface area contributed by atoms with Gasteiger partial charge in [0.15, 0.2) is 11.5 Å². The molecule has 5 heterocycles. The van der Waals surface area contributed by atoms with E-state index < -0.39 is 42.0 Å². The second kappa shape index (κ2) is 14.9. The van der Waals surface area contributed by atoms with Crippen LogP contribution in [-0.4, -0.2) is 58.5 Å². The molecule has 2 aromatic carbocycles. The van der Waals surface area contributed by atoms with Gasteiger partial charge < -0.3 is 30.5 Å². The first kappa shape index (κ1) is 36.8. The zero-order chi connectivity index (χ0) is 38.6. The molecule has 0 aromatic heterocycles. The number of aliphatic hydroxyl groups excluding tert-OH is 3. The van der Waals surface area contributed by atoms with E-state index >= 15 is 0 Å². The van der Waals surface area contributed by atoms with Crippen LogP contribution < -0.4 is 20.1 Å². The number of rotatable bonds is 6. The molecule has 56 heavy (non-hydrogen) atoms. The Hall–Kier alpha value is -4.81. The molecule has 2 aliphatic carbocycles. The average Bonchev–Trinajstić information content (AvgIpc) is 3.92. The van der Waals surface area contributed by atoms with E-state index in [1.54, 1.807) is 0 Å². The normalized spacial score (nSPS) is 30.8. The molecule has 2 bridgehead atoms. The van der Waals surface area contributed by atoms with E-state index in [1.165, 1.54) is 0 Å². The number of aliphatic imine (C=N–C) groups is 2. The molecule has 6 N–H and O–H groups in total. The van der Waals surface area contributed by atoms with Crippen molar-refractivity contribution >= 4 is 18.2 Å². The number of nitrogens with two attached hydrogens (primary N) is 1. The highest BCUT2D eigenvalue weighted by Gasteiger charge is 2.51. The molecule has 9 rings (SSSR count). The number of quaternary nitrogens is 1. The Morgan fingerprint density at radius 1 is 1.09 bits per heavy atom. The molecule has 0 saturated heterocycles. The fourth-order valence-electron chi connectivity index (χ4n) is 9.84. The van der Waals surface area contributed by atoms with Crippen LogP contribution in [0.5, 0.6) is 11.5 Å². The van der Waals surface area contributed by atoms with Crippen molar-refractivity contribution < 1.29 is 34.5 Å². The van der Waals surface area contributed by atoms with Crippen molar-refractivity contribution in [2.75, 3.05) is 6.54 Å². The molecule has 10 nitrogen and oxygen atoms in total. The summed E-state index contributed by atoms with van der Waals surface area (Å²) in [7, 11) is 0. The van der Waals surface area contributed by atoms with Gasteiger partial charge in [-0.3, -0.25) is 19.7 Å². The molecule has 0 radical (unpaired) electrons. The molecule has 2 aromatic rings. The molecule has 1 saturated carbocycles. The Labute approximate surface area is 327 Å². The number of ketones is 1. The second-order valence-corrected chi connectivity index (χ2v) is 16.6. The van der Waals surface area contributed by atoms with Gasteiger partial charge in [-0.05, 0) is 77.1 Å². The van der Waals surface area contributed by atoms with Gasteiger partial charge in [0.25, 0.3) is 6.23 Å². The Morgan fingerprint density at radius 2 is 1.93 bits per heavy atom. The van der Waals surface area contributed by atoms with Gasteiger partial charge in [-0.25, -0.2) is 0 Å². The Bertz CT molecular complexity index is 2230. The van der Waals surface area contributed by atoms with Crippen molar-refractivity contribution in [2.24, 2.45) is 38.9 Å². The number of Topliss-reactive ketones (excluding diaryl/α,β-unsaturated/α-hetero) is 1. The number of hydrogen-bond donors (Lipinski definition) is 5. The highest BCUT2D eigenvalue weighted by atomic mass is 16.5. The number of ether oxygens (including phenoxy) is 2. The van der Waals surface area contributed by atoms with Crippen molar-refractivity contribution in [3.8, 4) is 35.4 Å². The summed E-state index contributed by atoms with van der Waals surface area (Å²) in [6, 6.07) is 9.64. The van der Waals surface area contributed by atoms with Gasteiger partial charge in [0.1, 0.15) is 48.5 Å². The molecular weight excluding hydrogens is 705 g/mol. The van der Waals surface area contributed by atoms with Crippen molar-refractivity contribution in [2.45, 2.75) is 102 Å². The Morgan fingerprint density at radius 3 is 2.77 bits per heavy atom. The molecule has 1 spiro atoms. The summed E-state index contributed by atoms with van der Waals surface area (Å²) in [6.45, 7) is 2.68. The fraction of sp³-hybridized carbons (Fsp3) is 0.457. The van der Waals surface area contributed by atoms with E-state index in [9.17, 15) is 20.1 Å². The summed E-state index contributed by atoms with van der Waals surface area (Å²) in [5.74, 6) is 10.8. The van der Waals surface area contributed by atoms with Crippen molar-refractivity contribution in [1.82, 2.24) is 0 Å². The first-order chi connectivity index (χ1) is 27.2. The van der Waals surface area contributed by atoms with E-state index in [2.05, 4.69) is 35.1 Å². The average molecular weight is 754 g/mol. The molecular formula is C46H49N4O6+. The second-order valence-electron chi connectivity index (χ2n) is 16.6. The molecule has 288 valence electrons. The van der Waals surface area contributed by atoms with Crippen LogP contribution in [0.4, 0.5) is 0 Å². The van der Waals surface area contributed by atoms with Gasteiger partial charge in [0.2, 0.25) is 0 Å². The van der Waals surface area contributed by atoms with Crippen LogP contribution in [0, 0.1) is 47.0 Å². The predicted molar refractivity (Wildman–Crippen MR) is 211 cm³/mol. The third-order valence-corrected chi connectivity index (χ3v) is 13.0. The summed E-state index contributed by atoms with van der Waals surface area (Å²) in [5.41, 5.74) is 13.9. The quantitative estimate of drug-likeness (QED) is 0.223. The maximum Gasteiger partial charge on any atom is 0.252 e. The number of nitrogens with zero attached hydrogens (tertiary/aromatic N) is 2. The van der Waals surface area contributed by atoms with Gasteiger partial charge in [-0.2, -0.15) is 0 Å². The van der Waals surface area contributed by atoms with Crippen molar-refractivity contribution in [3.63, 3.8) is 0 Å². The summed E-state index contributed by atoms with van der Waals surface area (Å²) >= 11 is 0. The number of nitrogens with one attached hydrogen (secondary N) is 1. The standard InChI is InChI=1S/C46H48N4O6/c1-27-4-8-34(40(53)20-27)41(54)23-30(51)7-5-28-6-13-42-43(21-28)56-45-37(46(17-19-55-42)15-2-3-16-46)11-12-39(52)32-9-10-33-31(14-18-48-44(33)47)35(32)22-29-24-49-38-26-50(45)25-36(29)38/h4,6,8-10,13,18,21,24,26-27,34,37,39-41,44-45,52-54H,2-3,5,7,14-16,20,22-23,25,47H2,1H3/p+1/t27-,34-,37+,39+,40-,41-,44-,45-/m0/s1. The largest absolute Gasteiger partial charge is 0.437 e. The van der Waals surface area contributed by atoms with E-state index in [0.717, 1.165) is 75.2 Å². The summed E-state index contributed by atoms with van der Waals surface area (Å²) in [6.07, 6.45) is 15.4.